The molecule has 0 bridgehead atoms. The number of rotatable bonds is 5. The molecule has 0 aromatic carbocycles. The minimum atomic E-state index is -0.347. The van der Waals surface area contributed by atoms with Crippen molar-refractivity contribution >= 4 is 18.0 Å². The topological polar surface area (TPSA) is 91.0 Å². The average Bonchev–Trinajstić information content (AvgIpc) is 2.52. The molecule has 8 heteroatoms. The standard InChI is InChI=1S/C14H26N4O4/c1-4-11(3)16-13(20)15-10-12(19)17-6-8-18(9-7-17)14(21)22-5-2/h11H,4-10H2,1-3H3,(H2,15,16,20). The van der Waals surface area contributed by atoms with Crippen LogP contribution in [0.5, 0.6) is 0 Å². The second-order valence-corrected chi connectivity index (χ2v) is 5.20. The second kappa shape index (κ2) is 9.11. The van der Waals surface area contributed by atoms with E-state index in [0.717, 1.165) is 6.42 Å². The molecule has 4 amide bonds. The van der Waals surface area contributed by atoms with Crippen molar-refractivity contribution in [2.45, 2.75) is 33.2 Å². The van der Waals surface area contributed by atoms with Gasteiger partial charge in [0.2, 0.25) is 5.91 Å². The van der Waals surface area contributed by atoms with E-state index >= 15 is 0 Å². The number of piperazine rings is 1. The van der Waals surface area contributed by atoms with E-state index in [1.807, 2.05) is 13.8 Å². The Balaban J connectivity index is 2.28. The summed E-state index contributed by atoms with van der Waals surface area (Å²) in [5, 5.41) is 5.29. The van der Waals surface area contributed by atoms with Gasteiger partial charge >= 0.3 is 12.1 Å². The van der Waals surface area contributed by atoms with E-state index in [1.165, 1.54) is 0 Å². The third kappa shape index (κ3) is 5.79. The van der Waals surface area contributed by atoms with Crippen LogP contribution in [0.1, 0.15) is 27.2 Å². The van der Waals surface area contributed by atoms with Crippen molar-refractivity contribution in [2.75, 3.05) is 39.3 Å². The number of nitrogens with zero attached hydrogens (tertiary/aromatic N) is 2. The molecule has 0 spiro atoms. The minimum Gasteiger partial charge on any atom is -0.450 e. The van der Waals surface area contributed by atoms with Crippen LogP contribution in [0.4, 0.5) is 9.59 Å². The predicted octanol–water partition coefficient (Wildman–Crippen LogP) is 0.385. The Morgan fingerprint density at radius 3 is 2.23 bits per heavy atom. The lowest BCUT2D eigenvalue weighted by molar-refractivity contribution is -0.131. The fourth-order valence-corrected chi connectivity index (χ4v) is 2.00. The van der Waals surface area contributed by atoms with E-state index in [-0.39, 0.29) is 30.6 Å². The first-order valence-corrected chi connectivity index (χ1v) is 7.71. The van der Waals surface area contributed by atoms with E-state index in [2.05, 4.69) is 10.6 Å². The molecule has 1 saturated heterocycles. The van der Waals surface area contributed by atoms with E-state index in [4.69, 9.17) is 4.74 Å². The maximum absolute atomic E-state index is 12.0. The summed E-state index contributed by atoms with van der Waals surface area (Å²) in [4.78, 5) is 38.3. The van der Waals surface area contributed by atoms with Gasteiger partial charge in [-0.2, -0.15) is 0 Å². The number of carbonyl (C=O) groups is 3. The number of amides is 4. The number of carbonyl (C=O) groups excluding carboxylic acids is 3. The predicted molar refractivity (Wildman–Crippen MR) is 81.5 cm³/mol. The van der Waals surface area contributed by atoms with Crippen molar-refractivity contribution in [3.05, 3.63) is 0 Å². The number of hydrogen-bond acceptors (Lipinski definition) is 4. The van der Waals surface area contributed by atoms with Crippen molar-refractivity contribution < 1.29 is 19.1 Å². The van der Waals surface area contributed by atoms with Gasteiger partial charge in [-0.15, -0.1) is 0 Å². The molecule has 0 aromatic heterocycles. The zero-order chi connectivity index (χ0) is 16.5. The average molecular weight is 314 g/mol. The summed E-state index contributed by atoms with van der Waals surface area (Å²) in [6.07, 6.45) is 0.484. The molecule has 1 fully saturated rings. The third-order valence-corrected chi connectivity index (χ3v) is 3.55. The van der Waals surface area contributed by atoms with Crippen molar-refractivity contribution in [3.8, 4) is 0 Å². The lowest BCUT2D eigenvalue weighted by Gasteiger charge is -2.34. The molecule has 8 nitrogen and oxygen atoms in total. The van der Waals surface area contributed by atoms with Crippen molar-refractivity contribution in [3.63, 3.8) is 0 Å². The first-order valence-electron chi connectivity index (χ1n) is 7.71. The molecule has 0 radical (unpaired) electrons. The van der Waals surface area contributed by atoms with Gasteiger partial charge in [-0.3, -0.25) is 4.79 Å². The first-order chi connectivity index (χ1) is 10.5. The van der Waals surface area contributed by atoms with Crippen LogP contribution in [0.2, 0.25) is 0 Å². The number of urea groups is 1. The zero-order valence-electron chi connectivity index (χ0n) is 13.6. The number of nitrogens with one attached hydrogen (secondary N) is 2. The Hall–Kier alpha value is -1.99. The smallest absolute Gasteiger partial charge is 0.409 e. The molecule has 1 atom stereocenters. The SMILES string of the molecule is CCOC(=O)N1CCN(C(=O)CNC(=O)NC(C)CC)CC1. The summed E-state index contributed by atoms with van der Waals surface area (Å²) in [6, 6.07) is -0.268. The number of ether oxygens (including phenoxy) is 1. The van der Waals surface area contributed by atoms with Crippen LogP contribution >= 0.6 is 0 Å². The van der Waals surface area contributed by atoms with Crippen LogP contribution < -0.4 is 10.6 Å². The van der Waals surface area contributed by atoms with E-state index in [1.54, 1.807) is 16.7 Å². The van der Waals surface area contributed by atoms with Gasteiger partial charge in [0.1, 0.15) is 0 Å². The van der Waals surface area contributed by atoms with Gasteiger partial charge in [-0.05, 0) is 20.3 Å². The van der Waals surface area contributed by atoms with Crippen LogP contribution in [0, 0.1) is 0 Å². The molecule has 0 aromatic rings. The van der Waals surface area contributed by atoms with Gasteiger partial charge in [0.05, 0.1) is 13.2 Å². The number of hydrogen-bond donors (Lipinski definition) is 2. The largest absolute Gasteiger partial charge is 0.450 e. The summed E-state index contributed by atoms with van der Waals surface area (Å²) in [7, 11) is 0. The fraction of sp³-hybridized carbons (Fsp3) is 0.786. The molecule has 1 aliphatic heterocycles. The molecule has 1 aliphatic rings. The van der Waals surface area contributed by atoms with Crippen LogP contribution in [0.15, 0.2) is 0 Å². The maximum Gasteiger partial charge on any atom is 0.409 e. The molecule has 1 rings (SSSR count). The monoisotopic (exact) mass is 314 g/mol. The van der Waals surface area contributed by atoms with Gasteiger partial charge in [0.25, 0.3) is 0 Å². The van der Waals surface area contributed by atoms with Crippen LogP contribution in [-0.4, -0.2) is 73.2 Å². The summed E-state index contributed by atoms with van der Waals surface area (Å²) < 4.78 is 4.92. The van der Waals surface area contributed by atoms with E-state index in [0.29, 0.717) is 32.8 Å². The highest BCUT2D eigenvalue weighted by molar-refractivity contribution is 5.84. The molecule has 0 saturated carbocycles. The molecule has 126 valence electrons. The molecular formula is C14H26N4O4. The van der Waals surface area contributed by atoms with Gasteiger partial charge in [0.15, 0.2) is 0 Å². The summed E-state index contributed by atoms with van der Waals surface area (Å²) in [5.74, 6) is -0.150. The molecule has 1 unspecified atom stereocenters. The fourth-order valence-electron chi connectivity index (χ4n) is 2.00. The molecule has 0 aliphatic carbocycles. The Bertz CT molecular complexity index is 394. The third-order valence-electron chi connectivity index (χ3n) is 3.55. The molecule has 1 heterocycles. The summed E-state index contributed by atoms with van der Waals surface area (Å²) >= 11 is 0. The van der Waals surface area contributed by atoms with Crippen molar-refractivity contribution in [1.29, 1.82) is 0 Å². The molecular weight excluding hydrogens is 288 g/mol. The Morgan fingerprint density at radius 2 is 1.68 bits per heavy atom. The normalized spacial score (nSPS) is 16.0. The van der Waals surface area contributed by atoms with Crippen molar-refractivity contribution in [1.82, 2.24) is 20.4 Å². The van der Waals surface area contributed by atoms with Crippen LogP contribution in [0.25, 0.3) is 0 Å². The summed E-state index contributed by atoms with van der Waals surface area (Å²) in [5.41, 5.74) is 0. The molecule has 2 N–H and O–H groups in total. The maximum atomic E-state index is 12.0. The quantitative estimate of drug-likeness (QED) is 0.768. The van der Waals surface area contributed by atoms with Gasteiger partial charge in [-0.25, -0.2) is 9.59 Å². The lowest BCUT2D eigenvalue weighted by Crippen LogP contribution is -2.53. The molecule has 22 heavy (non-hydrogen) atoms. The lowest BCUT2D eigenvalue weighted by atomic mass is 10.3. The van der Waals surface area contributed by atoms with Gasteiger partial charge in [-0.1, -0.05) is 6.92 Å². The Kier molecular flexibility index (Phi) is 7.48. The second-order valence-electron chi connectivity index (χ2n) is 5.20. The van der Waals surface area contributed by atoms with E-state index in [9.17, 15) is 14.4 Å². The first kappa shape index (κ1) is 18.1. The van der Waals surface area contributed by atoms with Crippen LogP contribution in [-0.2, 0) is 9.53 Å². The van der Waals surface area contributed by atoms with Gasteiger partial charge in [0, 0.05) is 32.2 Å². The summed E-state index contributed by atoms with van der Waals surface area (Å²) in [6.45, 7) is 7.73. The van der Waals surface area contributed by atoms with Crippen molar-refractivity contribution in [2.24, 2.45) is 0 Å². The minimum absolute atomic E-state index is 0.0400. The highest BCUT2D eigenvalue weighted by Crippen LogP contribution is 2.04. The highest BCUT2D eigenvalue weighted by atomic mass is 16.6. The van der Waals surface area contributed by atoms with E-state index < -0.39 is 0 Å². The highest BCUT2D eigenvalue weighted by Gasteiger charge is 2.24. The Morgan fingerprint density at radius 1 is 1.09 bits per heavy atom. The van der Waals surface area contributed by atoms with Crippen LogP contribution in [0.3, 0.4) is 0 Å². The van der Waals surface area contributed by atoms with Gasteiger partial charge < -0.3 is 25.2 Å². The zero-order valence-corrected chi connectivity index (χ0v) is 13.6. The Labute approximate surface area is 131 Å².